The van der Waals surface area contributed by atoms with Crippen LogP contribution in [0.2, 0.25) is 0 Å². The first-order valence-electron chi connectivity index (χ1n) is 12.7. The minimum absolute atomic E-state index is 0.227. The summed E-state index contributed by atoms with van der Waals surface area (Å²) in [7, 11) is 0. The SMILES string of the molecule is CCCCCCC(=O)Oc1ccc(OC(=O)c2ccc(C3CCC(CCC)CC3)cc2)cc1. The third-order valence-electron chi connectivity index (χ3n) is 6.66. The second kappa shape index (κ2) is 13.2. The number of esters is 2. The van der Waals surface area contributed by atoms with Crippen LogP contribution in [0.3, 0.4) is 0 Å². The number of carbonyl (C=O) groups excluding carboxylic acids is 2. The van der Waals surface area contributed by atoms with Crippen molar-refractivity contribution >= 4 is 11.9 Å². The van der Waals surface area contributed by atoms with E-state index in [1.165, 1.54) is 44.1 Å². The van der Waals surface area contributed by atoms with Crippen molar-refractivity contribution in [3.05, 3.63) is 59.7 Å². The molecule has 0 unspecified atom stereocenters. The average molecular weight is 451 g/mol. The van der Waals surface area contributed by atoms with Crippen LogP contribution in [-0.2, 0) is 4.79 Å². The molecule has 0 bridgehead atoms. The van der Waals surface area contributed by atoms with E-state index in [2.05, 4.69) is 26.0 Å². The number of hydrogen-bond donors (Lipinski definition) is 0. The lowest BCUT2D eigenvalue weighted by Gasteiger charge is -2.28. The Hall–Kier alpha value is -2.62. The molecule has 1 saturated carbocycles. The van der Waals surface area contributed by atoms with E-state index in [0.717, 1.165) is 31.6 Å². The first-order valence-corrected chi connectivity index (χ1v) is 12.7. The summed E-state index contributed by atoms with van der Waals surface area (Å²) in [5.41, 5.74) is 1.86. The molecule has 178 valence electrons. The van der Waals surface area contributed by atoms with Crippen LogP contribution in [0.15, 0.2) is 48.5 Å². The third-order valence-corrected chi connectivity index (χ3v) is 6.66. The summed E-state index contributed by atoms with van der Waals surface area (Å²) >= 11 is 0. The molecule has 1 aliphatic carbocycles. The third kappa shape index (κ3) is 8.03. The average Bonchev–Trinajstić information content (AvgIpc) is 2.84. The maximum absolute atomic E-state index is 12.5. The van der Waals surface area contributed by atoms with Gasteiger partial charge in [-0.05, 0) is 85.9 Å². The predicted octanol–water partition coefficient (Wildman–Crippen LogP) is 7.86. The monoisotopic (exact) mass is 450 g/mol. The van der Waals surface area contributed by atoms with Gasteiger partial charge in [-0.25, -0.2) is 4.79 Å². The molecule has 0 amide bonds. The van der Waals surface area contributed by atoms with Gasteiger partial charge in [0.15, 0.2) is 0 Å². The van der Waals surface area contributed by atoms with Gasteiger partial charge in [0, 0.05) is 6.42 Å². The molecule has 4 heteroatoms. The fourth-order valence-electron chi connectivity index (χ4n) is 4.70. The van der Waals surface area contributed by atoms with E-state index in [0.29, 0.717) is 29.4 Å². The Bertz CT molecular complexity index is 861. The molecule has 0 saturated heterocycles. The van der Waals surface area contributed by atoms with Gasteiger partial charge >= 0.3 is 11.9 Å². The molecule has 0 atom stereocenters. The molecule has 0 heterocycles. The first-order chi connectivity index (χ1) is 16.1. The Balaban J connectivity index is 1.46. The molecule has 3 rings (SSSR count). The minimum Gasteiger partial charge on any atom is -0.427 e. The number of hydrogen-bond acceptors (Lipinski definition) is 4. The van der Waals surface area contributed by atoms with Gasteiger partial charge in [0.2, 0.25) is 0 Å². The number of rotatable bonds is 11. The fourth-order valence-corrected chi connectivity index (χ4v) is 4.70. The van der Waals surface area contributed by atoms with Gasteiger partial charge in [0.1, 0.15) is 11.5 Å². The van der Waals surface area contributed by atoms with E-state index in [9.17, 15) is 9.59 Å². The van der Waals surface area contributed by atoms with Crippen LogP contribution < -0.4 is 9.47 Å². The Morgan fingerprint density at radius 3 is 2.00 bits per heavy atom. The molecule has 0 spiro atoms. The van der Waals surface area contributed by atoms with Crippen LogP contribution in [0.5, 0.6) is 11.5 Å². The zero-order valence-corrected chi connectivity index (χ0v) is 20.2. The molecule has 33 heavy (non-hydrogen) atoms. The smallest absolute Gasteiger partial charge is 0.343 e. The molecule has 2 aromatic rings. The molecule has 0 aromatic heterocycles. The Labute approximate surface area is 198 Å². The van der Waals surface area contributed by atoms with E-state index < -0.39 is 0 Å². The minimum atomic E-state index is -0.381. The van der Waals surface area contributed by atoms with Gasteiger partial charge in [0.25, 0.3) is 0 Å². The zero-order valence-electron chi connectivity index (χ0n) is 20.2. The molecule has 4 nitrogen and oxygen atoms in total. The molecule has 1 fully saturated rings. The van der Waals surface area contributed by atoms with E-state index in [1.807, 2.05) is 12.1 Å². The number of ether oxygens (including phenoxy) is 2. The lowest BCUT2D eigenvalue weighted by molar-refractivity contribution is -0.134. The zero-order chi connectivity index (χ0) is 23.5. The highest BCUT2D eigenvalue weighted by Crippen LogP contribution is 2.37. The van der Waals surface area contributed by atoms with Crippen molar-refractivity contribution in [2.45, 2.75) is 90.4 Å². The highest BCUT2D eigenvalue weighted by molar-refractivity contribution is 5.91. The van der Waals surface area contributed by atoms with Crippen LogP contribution in [0, 0.1) is 5.92 Å². The highest BCUT2D eigenvalue weighted by atomic mass is 16.5. The molecular formula is C29H38O4. The van der Waals surface area contributed by atoms with Crippen LogP contribution in [0.25, 0.3) is 0 Å². The molecule has 2 aromatic carbocycles. The van der Waals surface area contributed by atoms with Crippen molar-refractivity contribution in [2.75, 3.05) is 0 Å². The van der Waals surface area contributed by atoms with E-state index in [-0.39, 0.29) is 11.9 Å². The maximum Gasteiger partial charge on any atom is 0.343 e. The molecule has 0 aliphatic heterocycles. The van der Waals surface area contributed by atoms with E-state index in [4.69, 9.17) is 9.47 Å². The van der Waals surface area contributed by atoms with Gasteiger partial charge in [-0.15, -0.1) is 0 Å². The van der Waals surface area contributed by atoms with Gasteiger partial charge < -0.3 is 9.47 Å². The van der Waals surface area contributed by atoms with Crippen LogP contribution in [-0.4, -0.2) is 11.9 Å². The van der Waals surface area contributed by atoms with Gasteiger partial charge in [-0.2, -0.15) is 0 Å². The summed E-state index contributed by atoms with van der Waals surface area (Å²) in [6.07, 6.45) is 12.3. The number of unbranched alkanes of at least 4 members (excludes halogenated alkanes) is 3. The van der Waals surface area contributed by atoms with Crippen LogP contribution in [0.4, 0.5) is 0 Å². The topological polar surface area (TPSA) is 52.6 Å². The number of carbonyl (C=O) groups is 2. The standard InChI is InChI=1S/C29H38O4/c1-3-5-6-7-9-28(30)32-26-18-20-27(21-19-26)33-29(31)25-16-14-24(15-17-25)23-12-10-22(8-4-2)11-13-23/h14-23H,3-13H2,1-2H3. The summed E-state index contributed by atoms with van der Waals surface area (Å²) in [5, 5.41) is 0. The number of benzene rings is 2. The van der Waals surface area contributed by atoms with Crippen molar-refractivity contribution in [1.82, 2.24) is 0 Å². The Morgan fingerprint density at radius 2 is 1.39 bits per heavy atom. The second-order valence-electron chi connectivity index (χ2n) is 9.27. The van der Waals surface area contributed by atoms with Crippen molar-refractivity contribution in [1.29, 1.82) is 0 Å². The highest BCUT2D eigenvalue weighted by Gasteiger charge is 2.22. The van der Waals surface area contributed by atoms with E-state index in [1.54, 1.807) is 24.3 Å². The summed E-state index contributed by atoms with van der Waals surface area (Å²) in [4.78, 5) is 24.4. The molecular weight excluding hydrogens is 412 g/mol. The lowest BCUT2D eigenvalue weighted by Crippen LogP contribution is -2.13. The van der Waals surface area contributed by atoms with Crippen molar-refractivity contribution in [3.63, 3.8) is 0 Å². The van der Waals surface area contributed by atoms with Crippen LogP contribution >= 0.6 is 0 Å². The largest absolute Gasteiger partial charge is 0.427 e. The van der Waals surface area contributed by atoms with Gasteiger partial charge in [-0.3, -0.25) is 4.79 Å². The van der Waals surface area contributed by atoms with Gasteiger partial charge in [0.05, 0.1) is 5.56 Å². The molecule has 0 N–H and O–H groups in total. The second-order valence-corrected chi connectivity index (χ2v) is 9.27. The van der Waals surface area contributed by atoms with E-state index >= 15 is 0 Å². The maximum atomic E-state index is 12.5. The normalized spacial score (nSPS) is 18.0. The quantitative estimate of drug-likeness (QED) is 0.199. The lowest BCUT2D eigenvalue weighted by atomic mass is 9.77. The predicted molar refractivity (Wildman–Crippen MR) is 132 cm³/mol. The van der Waals surface area contributed by atoms with Crippen molar-refractivity contribution in [3.8, 4) is 11.5 Å². The molecule has 1 aliphatic rings. The van der Waals surface area contributed by atoms with Crippen LogP contribution in [0.1, 0.15) is 106 Å². The summed E-state index contributed by atoms with van der Waals surface area (Å²) in [5.74, 6) is 1.78. The Morgan fingerprint density at radius 1 is 0.758 bits per heavy atom. The van der Waals surface area contributed by atoms with Gasteiger partial charge in [-0.1, -0.05) is 58.1 Å². The fraction of sp³-hybridized carbons (Fsp3) is 0.517. The van der Waals surface area contributed by atoms with Crippen molar-refractivity contribution in [2.24, 2.45) is 5.92 Å². The van der Waals surface area contributed by atoms with Crippen molar-refractivity contribution < 1.29 is 19.1 Å². The first kappa shape index (κ1) is 25.0. The summed E-state index contributed by atoms with van der Waals surface area (Å²) < 4.78 is 10.8. The summed E-state index contributed by atoms with van der Waals surface area (Å²) in [6.45, 7) is 4.41. The summed E-state index contributed by atoms with van der Waals surface area (Å²) in [6, 6.07) is 14.5. The Kier molecular flexibility index (Phi) is 9.99. The molecule has 0 radical (unpaired) electrons.